The normalized spacial score (nSPS) is 18.3. The smallest absolute Gasteiger partial charge is 0.308 e. The fourth-order valence-electron chi connectivity index (χ4n) is 4.95. The number of hydrogen-bond acceptors (Lipinski definition) is 6. The Balaban J connectivity index is 1.35. The standard InChI is InChI=1S/C29H32N2O7S/c32-24-13-14-26(27(33)17-24)20-9-11-23(12-10-20)31-39(37,38)25-8-4-7-21(16-25)28(34)30-18-22(29(35)36)15-19-5-2-1-3-6-19/h1-8,13-14,16-17,20,22-23,31-33H,9-12,15,18H2,(H,30,34)(H,35,36)/t20-,22?,23+. The molecule has 1 atom stereocenters. The molecule has 4 rings (SSSR count). The summed E-state index contributed by atoms with van der Waals surface area (Å²) in [5, 5.41) is 31.8. The van der Waals surface area contributed by atoms with E-state index >= 15 is 0 Å². The van der Waals surface area contributed by atoms with Gasteiger partial charge in [0.25, 0.3) is 5.91 Å². The molecule has 3 aromatic rings. The summed E-state index contributed by atoms with van der Waals surface area (Å²) < 4.78 is 28.9. The molecule has 1 aliphatic rings. The molecule has 0 aromatic heterocycles. The summed E-state index contributed by atoms with van der Waals surface area (Å²) in [6.45, 7) is -0.0991. The minimum absolute atomic E-state index is 0.0116. The van der Waals surface area contributed by atoms with Crippen LogP contribution in [0.15, 0.2) is 77.7 Å². The van der Waals surface area contributed by atoms with Crippen molar-refractivity contribution >= 4 is 21.9 Å². The van der Waals surface area contributed by atoms with Gasteiger partial charge < -0.3 is 20.6 Å². The maximum Gasteiger partial charge on any atom is 0.308 e. The lowest BCUT2D eigenvalue weighted by Gasteiger charge is -2.29. The first-order valence-corrected chi connectivity index (χ1v) is 14.3. The van der Waals surface area contributed by atoms with Crippen LogP contribution in [0, 0.1) is 5.92 Å². The lowest BCUT2D eigenvalue weighted by molar-refractivity contribution is -0.141. The van der Waals surface area contributed by atoms with Gasteiger partial charge in [-0.25, -0.2) is 13.1 Å². The zero-order chi connectivity index (χ0) is 28.0. The van der Waals surface area contributed by atoms with Crippen LogP contribution in [0.4, 0.5) is 0 Å². The lowest BCUT2D eigenvalue weighted by Crippen LogP contribution is -2.37. The third-order valence-electron chi connectivity index (χ3n) is 7.09. The highest BCUT2D eigenvalue weighted by atomic mass is 32.2. The molecule has 0 heterocycles. The van der Waals surface area contributed by atoms with E-state index in [1.165, 1.54) is 36.4 Å². The van der Waals surface area contributed by atoms with Crippen molar-refractivity contribution in [2.45, 2.75) is 49.0 Å². The van der Waals surface area contributed by atoms with Gasteiger partial charge in [-0.1, -0.05) is 42.5 Å². The number of hydrogen-bond donors (Lipinski definition) is 5. The highest BCUT2D eigenvalue weighted by Gasteiger charge is 2.28. The second-order valence-corrected chi connectivity index (χ2v) is 11.6. The number of aliphatic carboxylic acids is 1. The molecule has 1 unspecified atom stereocenters. The lowest BCUT2D eigenvalue weighted by atomic mass is 9.81. The quantitative estimate of drug-likeness (QED) is 0.257. The van der Waals surface area contributed by atoms with Gasteiger partial charge in [0.1, 0.15) is 11.5 Å². The molecule has 0 aliphatic heterocycles. The van der Waals surface area contributed by atoms with E-state index in [4.69, 9.17) is 0 Å². The second kappa shape index (κ2) is 12.3. The highest BCUT2D eigenvalue weighted by molar-refractivity contribution is 7.89. The van der Waals surface area contributed by atoms with Crippen LogP contribution in [0.3, 0.4) is 0 Å². The first-order valence-electron chi connectivity index (χ1n) is 12.8. The summed E-state index contributed by atoms with van der Waals surface area (Å²) in [6.07, 6.45) is 2.73. The van der Waals surface area contributed by atoms with Gasteiger partial charge in [0.05, 0.1) is 10.8 Å². The number of carboxylic acids is 1. The van der Waals surface area contributed by atoms with Gasteiger partial charge >= 0.3 is 5.97 Å². The Labute approximate surface area is 227 Å². The number of carboxylic acid groups (broad SMARTS) is 1. The number of phenolic OH excluding ortho intramolecular Hbond substituents is 2. The van der Waals surface area contributed by atoms with Crippen LogP contribution >= 0.6 is 0 Å². The molecule has 39 heavy (non-hydrogen) atoms. The Morgan fingerprint density at radius 1 is 0.897 bits per heavy atom. The average Bonchev–Trinajstić information content (AvgIpc) is 2.92. The zero-order valence-electron chi connectivity index (χ0n) is 21.3. The number of aromatic hydroxyl groups is 2. The van der Waals surface area contributed by atoms with E-state index in [9.17, 15) is 33.3 Å². The molecule has 9 nitrogen and oxygen atoms in total. The SMILES string of the molecule is O=C(NCC(Cc1ccccc1)C(=O)O)c1cccc(S(=O)(=O)N[C@H]2CC[C@@H](c3ccc(O)cc3O)CC2)c1. The molecule has 1 saturated carbocycles. The van der Waals surface area contributed by atoms with Crippen LogP contribution < -0.4 is 10.0 Å². The molecule has 0 saturated heterocycles. The van der Waals surface area contributed by atoms with Crippen molar-refractivity contribution in [1.82, 2.24) is 10.0 Å². The third-order valence-corrected chi connectivity index (χ3v) is 8.61. The number of benzene rings is 3. The van der Waals surface area contributed by atoms with Gasteiger partial charge in [0.2, 0.25) is 10.0 Å². The van der Waals surface area contributed by atoms with Gasteiger partial charge in [-0.3, -0.25) is 9.59 Å². The van der Waals surface area contributed by atoms with Gasteiger partial charge in [-0.15, -0.1) is 0 Å². The van der Waals surface area contributed by atoms with Crippen LogP contribution in [0.2, 0.25) is 0 Å². The van der Waals surface area contributed by atoms with Crippen LogP contribution in [0.1, 0.15) is 53.1 Å². The van der Waals surface area contributed by atoms with E-state index in [-0.39, 0.29) is 46.9 Å². The molecule has 1 amide bonds. The number of carbonyl (C=O) groups excluding carboxylic acids is 1. The van der Waals surface area contributed by atoms with Gasteiger partial charge in [0.15, 0.2) is 0 Å². The van der Waals surface area contributed by atoms with Crippen LogP contribution in [0.5, 0.6) is 11.5 Å². The summed E-state index contributed by atoms with van der Waals surface area (Å²) in [6, 6.07) is 19.0. The molecule has 3 aromatic carbocycles. The van der Waals surface area contributed by atoms with Crippen molar-refractivity contribution in [3.8, 4) is 11.5 Å². The first-order chi connectivity index (χ1) is 18.6. The van der Waals surface area contributed by atoms with Gasteiger partial charge in [-0.05, 0) is 73.4 Å². The number of carbonyl (C=O) groups is 2. The van der Waals surface area contributed by atoms with Gasteiger partial charge in [-0.2, -0.15) is 0 Å². The summed E-state index contributed by atoms with van der Waals surface area (Å²) >= 11 is 0. The Morgan fingerprint density at radius 3 is 2.28 bits per heavy atom. The maximum atomic E-state index is 13.1. The fraction of sp³-hybridized carbons (Fsp3) is 0.310. The highest BCUT2D eigenvalue weighted by Crippen LogP contribution is 2.38. The maximum absolute atomic E-state index is 13.1. The van der Waals surface area contributed by atoms with Crippen LogP contribution in [-0.4, -0.2) is 48.2 Å². The van der Waals surface area contributed by atoms with Crippen LogP contribution in [-0.2, 0) is 21.2 Å². The second-order valence-electron chi connectivity index (χ2n) is 9.88. The minimum Gasteiger partial charge on any atom is -0.508 e. The molecule has 10 heteroatoms. The number of sulfonamides is 1. The van der Waals surface area contributed by atoms with Gasteiger partial charge in [0, 0.05) is 24.2 Å². The number of rotatable bonds is 10. The Bertz CT molecular complexity index is 1420. The molecule has 206 valence electrons. The van der Waals surface area contributed by atoms with E-state index in [1.807, 2.05) is 30.3 Å². The van der Waals surface area contributed by atoms with E-state index in [2.05, 4.69) is 10.0 Å². The monoisotopic (exact) mass is 552 g/mol. The van der Waals surface area contributed by atoms with E-state index in [0.29, 0.717) is 25.7 Å². The molecule has 1 fully saturated rings. The van der Waals surface area contributed by atoms with Crippen molar-refractivity contribution in [2.24, 2.45) is 5.92 Å². The van der Waals surface area contributed by atoms with Crippen molar-refractivity contribution < 1.29 is 33.3 Å². The third kappa shape index (κ3) is 7.36. The molecule has 0 spiro atoms. The molecule has 0 bridgehead atoms. The predicted octanol–water partition coefficient (Wildman–Crippen LogP) is 3.78. The summed E-state index contributed by atoms with van der Waals surface area (Å²) in [5.74, 6) is -2.33. The van der Waals surface area contributed by atoms with E-state index in [0.717, 1.165) is 11.1 Å². The molecule has 5 N–H and O–H groups in total. The predicted molar refractivity (Wildman–Crippen MR) is 145 cm³/mol. The first kappa shape index (κ1) is 28.1. The van der Waals surface area contributed by atoms with E-state index in [1.54, 1.807) is 6.07 Å². The average molecular weight is 553 g/mol. The summed E-state index contributed by atoms with van der Waals surface area (Å²) in [7, 11) is -3.90. The van der Waals surface area contributed by atoms with Crippen molar-refractivity contribution in [2.75, 3.05) is 6.54 Å². The Hall–Kier alpha value is -3.89. The number of amides is 1. The zero-order valence-corrected chi connectivity index (χ0v) is 22.1. The number of nitrogens with one attached hydrogen (secondary N) is 2. The topological polar surface area (TPSA) is 153 Å². The minimum atomic E-state index is -3.90. The van der Waals surface area contributed by atoms with E-state index < -0.39 is 27.8 Å². The molecular formula is C29H32N2O7S. The Morgan fingerprint density at radius 2 is 1.62 bits per heavy atom. The largest absolute Gasteiger partial charge is 0.508 e. The fourth-order valence-corrected chi connectivity index (χ4v) is 6.31. The summed E-state index contributed by atoms with van der Waals surface area (Å²) in [4.78, 5) is 24.4. The molecular weight excluding hydrogens is 520 g/mol. The summed E-state index contributed by atoms with van der Waals surface area (Å²) in [5.41, 5.74) is 1.70. The van der Waals surface area contributed by atoms with Crippen molar-refractivity contribution in [1.29, 1.82) is 0 Å². The van der Waals surface area contributed by atoms with Crippen LogP contribution in [0.25, 0.3) is 0 Å². The Kier molecular flexibility index (Phi) is 8.88. The molecule has 0 radical (unpaired) electrons. The van der Waals surface area contributed by atoms with Crippen molar-refractivity contribution in [3.05, 3.63) is 89.5 Å². The van der Waals surface area contributed by atoms with Crippen molar-refractivity contribution in [3.63, 3.8) is 0 Å². The number of phenols is 2. The molecule has 1 aliphatic carbocycles.